The van der Waals surface area contributed by atoms with Crippen LogP contribution in [0.15, 0.2) is 29.2 Å². The zero-order valence-electron chi connectivity index (χ0n) is 15.7. The van der Waals surface area contributed by atoms with Crippen molar-refractivity contribution >= 4 is 27.7 Å². The Kier molecular flexibility index (Phi) is 7.94. The molecule has 1 atom stereocenters. The van der Waals surface area contributed by atoms with E-state index in [1.807, 2.05) is 20.2 Å². The van der Waals surface area contributed by atoms with Gasteiger partial charge in [0.25, 0.3) is 0 Å². The molecule has 1 aliphatic heterocycles. The van der Waals surface area contributed by atoms with Gasteiger partial charge in [-0.3, -0.25) is 4.79 Å². The van der Waals surface area contributed by atoms with Crippen LogP contribution in [0.4, 0.5) is 0 Å². The van der Waals surface area contributed by atoms with Crippen molar-refractivity contribution in [2.24, 2.45) is 0 Å². The molecule has 6 nitrogen and oxygen atoms in total. The van der Waals surface area contributed by atoms with E-state index in [2.05, 4.69) is 10.0 Å². The van der Waals surface area contributed by atoms with Crippen molar-refractivity contribution in [2.75, 3.05) is 32.1 Å². The van der Waals surface area contributed by atoms with E-state index in [1.54, 1.807) is 40.9 Å². The minimum atomic E-state index is -3.72. The Morgan fingerprint density at radius 1 is 1.27 bits per heavy atom. The van der Waals surface area contributed by atoms with Crippen LogP contribution >= 0.6 is 11.8 Å². The molecule has 1 saturated heterocycles. The van der Waals surface area contributed by atoms with E-state index in [9.17, 15) is 13.2 Å². The van der Waals surface area contributed by atoms with Crippen LogP contribution in [0.3, 0.4) is 0 Å². The summed E-state index contributed by atoms with van der Waals surface area (Å²) in [5.74, 6) is 0.601. The SMILES string of the molecule is CNC1CCN(C(=O)C(CCSC)NS(=O)(=O)c2ccc(C)cc2)CC1. The van der Waals surface area contributed by atoms with Gasteiger partial charge in [0.15, 0.2) is 0 Å². The summed E-state index contributed by atoms with van der Waals surface area (Å²) in [6.45, 7) is 3.22. The van der Waals surface area contributed by atoms with E-state index in [4.69, 9.17) is 0 Å². The summed E-state index contributed by atoms with van der Waals surface area (Å²) in [7, 11) is -1.80. The van der Waals surface area contributed by atoms with Crippen molar-refractivity contribution in [1.29, 1.82) is 0 Å². The van der Waals surface area contributed by atoms with Crippen molar-refractivity contribution in [1.82, 2.24) is 14.9 Å². The molecule has 0 bridgehead atoms. The van der Waals surface area contributed by atoms with Gasteiger partial charge in [-0.15, -0.1) is 0 Å². The highest BCUT2D eigenvalue weighted by Gasteiger charge is 2.31. The van der Waals surface area contributed by atoms with Gasteiger partial charge in [0.05, 0.1) is 4.90 Å². The van der Waals surface area contributed by atoms with Crippen molar-refractivity contribution in [3.63, 3.8) is 0 Å². The lowest BCUT2D eigenvalue weighted by Crippen LogP contribution is -2.52. The first kappa shape index (κ1) is 21.2. The Labute approximate surface area is 161 Å². The van der Waals surface area contributed by atoms with E-state index in [0.29, 0.717) is 25.6 Å². The average Bonchev–Trinajstić information content (AvgIpc) is 2.65. The third-order valence-electron chi connectivity index (χ3n) is 4.75. The molecule has 0 aromatic heterocycles. The number of piperidine rings is 1. The monoisotopic (exact) mass is 399 g/mol. The fraction of sp³-hybridized carbons (Fsp3) is 0.611. The first-order valence-corrected chi connectivity index (χ1v) is 11.8. The number of nitrogens with one attached hydrogen (secondary N) is 2. The number of rotatable bonds is 8. The molecule has 146 valence electrons. The number of hydrogen-bond acceptors (Lipinski definition) is 5. The second kappa shape index (κ2) is 9.73. The molecule has 26 heavy (non-hydrogen) atoms. The summed E-state index contributed by atoms with van der Waals surface area (Å²) < 4.78 is 28.0. The summed E-state index contributed by atoms with van der Waals surface area (Å²) in [5, 5.41) is 3.24. The molecular formula is C18H29N3O3S2. The van der Waals surface area contributed by atoms with E-state index in [-0.39, 0.29) is 10.8 Å². The van der Waals surface area contributed by atoms with Gasteiger partial charge in [-0.25, -0.2) is 8.42 Å². The molecule has 1 amide bonds. The van der Waals surface area contributed by atoms with Crippen LogP contribution in [0.1, 0.15) is 24.8 Å². The molecule has 1 heterocycles. The second-order valence-electron chi connectivity index (χ2n) is 6.66. The summed E-state index contributed by atoms with van der Waals surface area (Å²) >= 11 is 1.61. The number of hydrogen-bond donors (Lipinski definition) is 2. The Balaban J connectivity index is 2.11. The topological polar surface area (TPSA) is 78.5 Å². The smallest absolute Gasteiger partial charge is 0.241 e. The average molecular weight is 400 g/mol. The zero-order chi connectivity index (χ0) is 19.2. The van der Waals surface area contributed by atoms with Crippen molar-refractivity contribution < 1.29 is 13.2 Å². The predicted molar refractivity (Wildman–Crippen MR) is 107 cm³/mol. The lowest BCUT2D eigenvalue weighted by atomic mass is 10.0. The Hall–Kier alpha value is -1.09. The number of carbonyl (C=O) groups excluding carboxylic acids is 1. The van der Waals surface area contributed by atoms with Gasteiger partial charge in [-0.05, 0) is 57.4 Å². The molecule has 1 unspecified atom stereocenters. The second-order valence-corrected chi connectivity index (χ2v) is 9.36. The van der Waals surface area contributed by atoms with Crippen molar-refractivity contribution in [2.45, 2.75) is 43.2 Å². The standard InChI is InChI=1S/C18H29N3O3S2/c1-14-4-6-16(7-5-14)26(23,24)20-17(10-13-25-3)18(22)21-11-8-15(19-2)9-12-21/h4-7,15,17,19-20H,8-13H2,1-3H3. The quantitative estimate of drug-likeness (QED) is 0.694. The van der Waals surface area contributed by atoms with Gasteiger partial charge in [0.1, 0.15) is 6.04 Å². The van der Waals surface area contributed by atoms with Crippen LogP contribution in [0, 0.1) is 6.92 Å². The highest BCUT2D eigenvalue weighted by molar-refractivity contribution is 7.98. The third-order valence-corrected chi connectivity index (χ3v) is 6.88. The molecule has 0 radical (unpaired) electrons. The number of likely N-dealkylation sites (tertiary alicyclic amines) is 1. The normalized spacial score (nSPS) is 17.3. The number of nitrogens with zero attached hydrogens (tertiary/aromatic N) is 1. The molecule has 2 N–H and O–H groups in total. The number of thioether (sulfide) groups is 1. The van der Waals surface area contributed by atoms with Gasteiger partial charge in [-0.2, -0.15) is 16.5 Å². The lowest BCUT2D eigenvalue weighted by molar-refractivity contribution is -0.134. The number of amides is 1. The zero-order valence-corrected chi connectivity index (χ0v) is 17.3. The summed E-state index contributed by atoms with van der Waals surface area (Å²) in [6, 6.07) is 6.37. The fourth-order valence-corrected chi connectivity index (χ4v) is 4.75. The highest BCUT2D eigenvalue weighted by Crippen LogP contribution is 2.16. The third kappa shape index (κ3) is 5.70. The maximum Gasteiger partial charge on any atom is 0.241 e. The first-order valence-electron chi connectivity index (χ1n) is 8.91. The number of carbonyl (C=O) groups is 1. The van der Waals surface area contributed by atoms with Crippen LogP contribution in [0.5, 0.6) is 0 Å². The number of sulfonamides is 1. The first-order chi connectivity index (χ1) is 12.4. The molecule has 2 rings (SSSR count). The number of aryl methyl sites for hydroxylation is 1. The van der Waals surface area contributed by atoms with Crippen LogP contribution in [0.2, 0.25) is 0 Å². The molecule has 0 spiro atoms. The largest absolute Gasteiger partial charge is 0.341 e. The maximum atomic E-state index is 12.9. The maximum absolute atomic E-state index is 12.9. The summed E-state index contributed by atoms with van der Waals surface area (Å²) in [6.07, 6.45) is 4.22. The van der Waals surface area contributed by atoms with E-state index in [1.165, 1.54) is 0 Å². The molecule has 0 aliphatic carbocycles. The minimum Gasteiger partial charge on any atom is -0.341 e. The minimum absolute atomic E-state index is 0.121. The molecule has 1 aromatic carbocycles. The fourth-order valence-electron chi connectivity index (χ4n) is 3.05. The molecule has 1 aliphatic rings. The predicted octanol–water partition coefficient (Wildman–Crippen LogP) is 1.61. The van der Waals surface area contributed by atoms with Gasteiger partial charge in [0.2, 0.25) is 15.9 Å². The van der Waals surface area contributed by atoms with Crippen molar-refractivity contribution in [3.05, 3.63) is 29.8 Å². The van der Waals surface area contributed by atoms with E-state index in [0.717, 1.165) is 24.2 Å². The Morgan fingerprint density at radius 3 is 2.42 bits per heavy atom. The molecule has 1 aromatic rings. The molecular weight excluding hydrogens is 370 g/mol. The summed E-state index contributed by atoms with van der Waals surface area (Å²) in [4.78, 5) is 14.9. The Bertz CT molecular complexity index is 684. The highest BCUT2D eigenvalue weighted by atomic mass is 32.2. The lowest BCUT2D eigenvalue weighted by Gasteiger charge is -2.34. The molecule has 1 fully saturated rings. The van der Waals surface area contributed by atoms with Gasteiger partial charge in [0, 0.05) is 19.1 Å². The summed E-state index contributed by atoms with van der Waals surface area (Å²) in [5.41, 5.74) is 0.992. The molecule has 0 saturated carbocycles. The molecule has 8 heteroatoms. The van der Waals surface area contributed by atoms with Crippen LogP contribution < -0.4 is 10.0 Å². The van der Waals surface area contributed by atoms with E-state index < -0.39 is 16.1 Å². The van der Waals surface area contributed by atoms with Crippen LogP contribution in [-0.2, 0) is 14.8 Å². The van der Waals surface area contributed by atoms with Gasteiger partial charge in [-0.1, -0.05) is 17.7 Å². The van der Waals surface area contributed by atoms with Gasteiger partial charge < -0.3 is 10.2 Å². The Morgan fingerprint density at radius 2 is 1.88 bits per heavy atom. The van der Waals surface area contributed by atoms with E-state index >= 15 is 0 Å². The van der Waals surface area contributed by atoms with Crippen LogP contribution in [-0.4, -0.2) is 63.5 Å². The van der Waals surface area contributed by atoms with Crippen molar-refractivity contribution in [3.8, 4) is 0 Å². The number of benzene rings is 1. The van der Waals surface area contributed by atoms with Crippen LogP contribution in [0.25, 0.3) is 0 Å². The van der Waals surface area contributed by atoms with Gasteiger partial charge >= 0.3 is 0 Å².